The van der Waals surface area contributed by atoms with Crippen LogP contribution in [0.1, 0.15) is 38.3 Å². The number of nitrogens with zero attached hydrogens (tertiary/aromatic N) is 2. The average Bonchev–Trinajstić information content (AvgIpc) is 2.51. The summed E-state index contributed by atoms with van der Waals surface area (Å²) in [6.45, 7) is 7.17. The molecule has 0 radical (unpaired) electrons. The number of benzene rings is 1. The molecule has 0 amide bonds. The fraction of sp³-hybridized carbons (Fsp3) is 0.412. The first-order valence-corrected chi connectivity index (χ1v) is 7.63. The molecular formula is C17H23N3O. The van der Waals surface area contributed by atoms with E-state index in [2.05, 4.69) is 48.2 Å². The van der Waals surface area contributed by atoms with Crippen molar-refractivity contribution in [1.29, 1.82) is 0 Å². The molecule has 0 saturated carbocycles. The smallest absolute Gasteiger partial charge is 0.227 e. The summed E-state index contributed by atoms with van der Waals surface area (Å²) in [6.07, 6.45) is 4.49. The van der Waals surface area contributed by atoms with Gasteiger partial charge in [0.15, 0.2) is 0 Å². The molecule has 1 heterocycles. The van der Waals surface area contributed by atoms with Crippen molar-refractivity contribution in [3.8, 4) is 11.6 Å². The monoisotopic (exact) mass is 285 g/mol. The maximum absolute atomic E-state index is 5.96. The molecule has 2 rings (SSSR count). The maximum atomic E-state index is 5.96. The van der Waals surface area contributed by atoms with Crippen molar-refractivity contribution in [3.63, 3.8) is 0 Å². The van der Waals surface area contributed by atoms with Crippen LogP contribution >= 0.6 is 0 Å². The Kier molecular flexibility index (Phi) is 5.55. The Labute approximate surface area is 126 Å². The molecule has 112 valence electrons. The van der Waals surface area contributed by atoms with E-state index in [1.807, 2.05) is 12.1 Å². The number of ether oxygens (including phenoxy) is 1. The average molecular weight is 285 g/mol. The number of rotatable bonds is 7. The van der Waals surface area contributed by atoms with Crippen molar-refractivity contribution in [1.82, 2.24) is 9.97 Å². The fourth-order valence-electron chi connectivity index (χ4n) is 2.18. The van der Waals surface area contributed by atoms with Crippen LogP contribution in [0.4, 0.5) is 5.82 Å². The fourth-order valence-corrected chi connectivity index (χ4v) is 2.18. The summed E-state index contributed by atoms with van der Waals surface area (Å²) in [4.78, 5) is 8.62. The van der Waals surface area contributed by atoms with Crippen molar-refractivity contribution in [2.45, 2.75) is 40.0 Å². The van der Waals surface area contributed by atoms with Gasteiger partial charge in [0, 0.05) is 6.54 Å². The summed E-state index contributed by atoms with van der Waals surface area (Å²) in [5.41, 5.74) is 2.34. The van der Waals surface area contributed by atoms with Crippen LogP contribution in [0.25, 0.3) is 0 Å². The summed E-state index contributed by atoms with van der Waals surface area (Å²) in [5.74, 6) is 2.33. The lowest BCUT2D eigenvalue weighted by Crippen LogP contribution is -2.06. The first kappa shape index (κ1) is 15.3. The molecule has 0 unspecified atom stereocenters. The van der Waals surface area contributed by atoms with Crippen molar-refractivity contribution >= 4 is 5.82 Å². The zero-order chi connectivity index (χ0) is 15.1. The van der Waals surface area contributed by atoms with Crippen LogP contribution in [0.3, 0.4) is 0 Å². The van der Waals surface area contributed by atoms with Gasteiger partial charge in [-0.2, -0.15) is 0 Å². The third kappa shape index (κ3) is 3.94. The molecule has 0 fully saturated rings. The zero-order valence-electron chi connectivity index (χ0n) is 13.0. The van der Waals surface area contributed by atoms with Gasteiger partial charge in [0.1, 0.15) is 17.9 Å². The minimum absolute atomic E-state index is 0.645. The first-order chi connectivity index (χ1) is 10.3. The van der Waals surface area contributed by atoms with E-state index >= 15 is 0 Å². The summed E-state index contributed by atoms with van der Waals surface area (Å²) >= 11 is 0. The molecule has 21 heavy (non-hydrogen) atoms. The Balaban J connectivity index is 2.26. The lowest BCUT2D eigenvalue weighted by molar-refractivity contribution is 0.454. The predicted octanol–water partition coefficient (Wildman–Crippen LogP) is 4.22. The molecule has 0 saturated heterocycles. The molecule has 0 aliphatic heterocycles. The van der Waals surface area contributed by atoms with Crippen LogP contribution in [0.15, 0.2) is 30.6 Å². The van der Waals surface area contributed by atoms with E-state index in [4.69, 9.17) is 4.74 Å². The van der Waals surface area contributed by atoms with Gasteiger partial charge in [0.25, 0.3) is 0 Å². The minimum atomic E-state index is 0.645. The van der Waals surface area contributed by atoms with Crippen LogP contribution in [0, 0.1) is 0 Å². The molecule has 2 aromatic rings. The number of aryl methyl sites for hydroxylation is 1. The Morgan fingerprint density at radius 3 is 2.43 bits per heavy atom. The minimum Gasteiger partial charge on any atom is -0.439 e. The van der Waals surface area contributed by atoms with Gasteiger partial charge in [-0.25, -0.2) is 9.97 Å². The van der Waals surface area contributed by atoms with Gasteiger partial charge >= 0.3 is 0 Å². The lowest BCUT2D eigenvalue weighted by Gasteiger charge is -2.13. The van der Waals surface area contributed by atoms with Gasteiger partial charge in [0.2, 0.25) is 5.88 Å². The van der Waals surface area contributed by atoms with E-state index in [9.17, 15) is 0 Å². The predicted molar refractivity (Wildman–Crippen MR) is 86.1 cm³/mol. The molecule has 0 spiro atoms. The summed E-state index contributed by atoms with van der Waals surface area (Å²) in [6, 6.07) is 8.15. The quantitative estimate of drug-likeness (QED) is 0.827. The highest BCUT2D eigenvalue weighted by molar-refractivity contribution is 5.49. The van der Waals surface area contributed by atoms with Crippen LogP contribution < -0.4 is 10.1 Å². The Bertz CT molecular complexity index is 567. The highest BCUT2D eigenvalue weighted by Crippen LogP contribution is 2.28. The zero-order valence-corrected chi connectivity index (χ0v) is 13.0. The summed E-state index contributed by atoms with van der Waals surface area (Å²) in [5, 5.41) is 3.27. The Morgan fingerprint density at radius 1 is 1.05 bits per heavy atom. The molecule has 4 nitrogen and oxygen atoms in total. The van der Waals surface area contributed by atoms with Crippen LogP contribution in [-0.2, 0) is 12.8 Å². The number of aromatic nitrogens is 2. The van der Waals surface area contributed by atoms with Gasteiger partial charge in [-0.05, 0) is 37.5 Å². The van der Waals surface area contributed by atoms with Gasteiger partial charge in [0.05, 0.1) is 5.56 Å². The Morgan fingerprint density at radius 2 is 1.81 bits per heavy atom. The van der Waals surface area contributed by atoms with E-state index < -0.39 is 0 Å². The number of hydrogen-bond donors (Lipinski definition) is 1. The molecule has 0 atom stereocenters. The van der Waals surface area contributed by atoms with E-state index in [-0.39, 0.29) is 0 Å². The molecular weight excluding hydrogens is 262 g/mol. The molecule has 1 N–H and O–H groups in total. The SMILES string of the molecule is CCCc1c(NCC)ncnc1Oc1ccc(CC)cc1. The van der Waals surface area contributed by atoms with Gasteiger partial charge in [-0.15, -0.1) is 0 Å². The second-order valence-corrected chi connectivity index (χ2v) is 4.89. The maximum Gasteiger partial charge on any atom is 0.227 e. The normalized spacial score (nSPS) is 10.4. The molecule has 1 aromatic heterocycles. The van der Waals surface area contributed by atoms with Crippen molar-refractivity contribution in [3.05, 3.63) is 41.7 Å². The number of nitrogens with one attached hydrogen (secondary N) is 1. The van der Waals surface area contributed by atoms with E-state index in [1.54, 1.807) is 6.33 Å². The second kappa shape index (κ2) is 7.62. The lowest BCUT2D eigenvalue weighted by atomic mass is 10.1. The first-order valence-electron chi connectivity index (χ1n) is 7.63. The van der Waals surface area contributed by atoms with Crippen LogP contribution in [0.2, 0.25) is 0 Å². The molecule has 1 aromatic carbocycles. The molecule has 0 aliphatic carbocycles. The van der Waals surface area contributed by atoms with Crippen LogP contribution in [0.5, 0.6) is 11.6 Å². The number of hydrogen-bond acceptors (Lipinski definition) is 4. The standard InChI is InChI=1S/C17H23N3O/c1-4-7-15-16(18-6-3)19-12-20-17(15)21-14-10-8-13(5-2)9-11-14/h8-12H,4-7H2,1-3H3,(H,18,19,20). The third-order valence-electron chi connectivity index (χ3n) is 3.30. The number of anilines is 1. The van der Waals surface area contributed by atoms with E-state index in [1.165, 1.54) is 5.56 Å². The second-order valence-electron chi connectivity index (χ2n) is 4.89. The summed E-state index contributed by atoms with van der Waals surface area (Å²) < 4.78 is 5.96. The van der Waals surface area contributed by atoms with E-state index in [0.29, 0.717) is 5.88 Å². The van der Waals surface area contributed by atoms with Crippen LogP contribution in [-0.4, -0.2) is 16.5 Å². The van der Waals surface area contributed by atoms with Gasteiger partial charge in [-0.3, -0.25) is 0 Å². The van der Waals surface area contributed by atoms with Crippen molar-refractivity contribution < 1.29 is 4.74 Å². The topological polar surface area (TPSA) is 47.0 Å². The molecule has 4 heteroatoms. The van der Waals surface area contributed by atoms with Gasteiger partial charge in [-0.1, -0.05) is 32.4 Å². The molecule has 0 aliphatic rings. The highest BCUT2D eigenvalue weighted by atomic mass is 16.5. The van der Waals surface area contributed by atoms with Crippen molar-refractivity contribution in [2.75, 3.05) is 11.9 Å². The summed E-state index contributed by atoms with van der Waals surface area (Å²) in [7, 11) is 0. The van der Waals surface area contributed by atoms with Crippen molar-refractivity contribution in [2.24, 2.45) is 0 Å². The van der Waals surface area contributed by atoms with E-state index in [0.717, 1.165) is 42.9 Å². The Hall–Kier alpha value is -2.10. The third-order valence-corrected chi connectivity index (χ3v) is 3.30. The highest BCUT2D eigenvalue weighted by Gasteiger charge is 2.12. The molecule has 0 bridgehead atoms. The largest absolute Gasteiger partial charge is 0.439 e. The van der Waals surface area contributed by atoms with Gasteiger partial charge < -0.3 is 10.1 Å².